The zero-order chi connectivity index (χ0) is 23.8. The number of carbonyl (C=O) groups is 1. The largest absolute Gasteiger partial charge is 0.494 e. The summed E-state index contributed by atoms with van der Waals surface area (Å²) in [6.07, 6.45) is 1.39. The van der Waals surface area contributed by atoms with Crippen molar-refractivity contribution in [3.8, 4) is 11.5 Å². The van der Waals surface area contributed by atoms with Crippen LogP contribution in [0.5, 0.6) is 11.5 Å². The van der Waals surface area contributed by atoms with Gasteiger partial charge in [0.2, 0.25) is 0 Å². The van der Waals surface area contributed by atoms with Gasteiger partial charge < -0.3 is 30.6 Å². The van der Waals surface area contributed by atoms with Gasteiger partial charge in [-0.2, -0.15) is 0 Å². The summed E-state index contributed by atoms with van der Waals surface area (Å²) in [5.41, 5.74) is 6.66. The van der Waals surface area contributed by atoms with Crippen molar-refractivity contribution in [2.75, 3.05) is 31.6 Å². The lowest BCUT2D eigenvalue weighted by Crippen LogP contribution is -2.34. The summed E-state index contributed by atoms with van der Waals surface area (Å²) in [7, 11) is 0. The first-order valence-corrected chi connectivity index (χ1v) is 11.1. The summed E-state index contributed by atoms with van der Waals surface area (Å²) in [4.78, 5) is 12.9. The molecule has 33 heavy (non-hydrogen) atoms. The number of benzene rings is 2. The maximum Gasteiger partial charge on any atom is 0.333 e. The standard InChI is InChI=1S/C24H31FN4O4/c1-3-31-18-13-19(21(25)20(14-18)33-17-9-11-28-12-10-17)22(24(30)32-4-2)29-16-7-5-15(6-8-16)23(26)27/h5-8,13-14,17,22,28-29H,3-4,9-12H2,1-2H3,(H3,26,27). The predicted molar refractivity (Wildman–Crippen MR) is 125 cm³/mol. The summed E-state index contributed by atoms with van der Waals surface area (Å²) in [5.74, 6) is -0.887. The molecule has 1 saturated heterocycles. The number of hydrogen-bond donors (Lipinski definition) is 4. The predicted octanol–water partition coefficient (Wildman–Crippen LogP) is 3.36. The minimum Gasteiger partial charge on any atom is -0.494 e. The monoisotopic (exact) mass is 458 g/mol. The number of nitrogens with two attached hydrogens (primary N) is 1. The molecule has 0 radical (unpaired) electrons. The quantitative estimate of drug-likeness (QED) is 0.245. The number of ether oxygens (including phenoxy) is 3. The molecule has 8 nitrogen and oxygen atoms in total. The van der Waals surface area contributed by atoms with Crippen LogP contribution in [-0.4, -0.2) is 44.2 Å². The SMILES string of the molecule is CCOC(=O)C(Nc1ccc(C(=N)N)cc1)c1cc(OCC)cc(OC2CCNCC2)c1F. The van der Waals surface area contributed by atoms with Crippen LogP contribution in [0, 0.1) is 11.2 Å². The highest BCUT2D eigenvalue weighted by molar-refractivity contribution is 5.95. The fourth-order valence-corrected chi connectivity index (χ4v) is 3.63. The van der Waals surface area contributed by atoms with Crippen LogP contribution in [0.15, 0.2) is 36.4 Å². The van der Waals surface area contributed by atoms with Gasteiger partial charge in [-0.3, -0.25) is 5.41 Å². The number of piperidine rings is 1. The van der Waals surface area contributed by atoms with Crippen molar-refractivity contribution in [3.05, 3.63) is 53.3 Å². The number of esters is 1. The van der Waals surface area contributed by atoms with Crippen LogP contribution in [0.2, 0.25) is 0 Å². The molecular weight excluding hydrogens is 427 g/mol. The molecule has 0 spiro atoms. The van der Waals surface area contributed by atoms with Crippen molar-refractivity contribution in [2.45, 2.75) is 38.8 Å². The molecule has 3 rings (SSSR count). The van der Waals surface area contributed by atoms with E-state index in [0.29, 0.717) is 23.6 Å². The molecule has 0 saturated carbocycles. The lowest BCUT2D eigenvalue weighted by molar-refractivity contribution is -0.144. The van der Waals surface area contributed by atoms with E-state index < -0.39 is 17.8 Å². The van der Waals surface area contributed by atoms with Gasteiger partial charge in [-0.15, -0.1) is 0 Å². The second-order valence-electron chi connectivity index (χ2n) is 7.65. The molecule has 0 aromatic heterocycles. The summed E-state index contributed by atoms with van der Waals surface area (Å²) < 4.78 is 32.5. The second kappa shape index (κ2) is 11.5. The Morgan fingerprint density at radius 3 is 2.52 bits per heavy atom. The maximum absolute atomic E-state index is 15.7. The Labute approximate surface area is 193 Å². The van der Waals surface area contributed by atoms with Crippen LogP contribution in [0.4, 0.5) is 10.1 Å². The molecule has 1 heterocycles. The minimum absolute atomic E-state index is 0.0471. The molecule has 1 atom stereocenters. The first-order valence-electron chi connectivity index (χ1n) is 11.1. The van der Waals surface area contributed by atoms with E-state index in [1.54, 1.807) is 31.2 Å². The van der Waals surface area contributed by atoms with Crippen molar-refractivity contribution in [1.82, 2.24) is 5.32 Å². The highest BCUT2D eigenvalue weighted by Crippen LogP contribution is 2.34. The average molecular weight is 459 g/mol. The molecular formula is C24H31FN4O4. The smallest absolute Gasteiger partial charge is 0.333 e. The first-order chi connectivity index (χ1) is 15.9. The zero-order valence-electron chi connectivity index (χ0n) is 18.9. The highest BCUT2D eigenvalue weighted by atomic mass is 19.1. The van der Waals surface area contributed by atoms with Crippen molar-refractivity contribution in [1.29, 1.82) is 5.41 Å². The number of anilines is 1. The van der Waals surface area contributed by atoms with Gasteiger partial charge >= 0.3 is 5.97 Å². The summed E-state index contributed by atoms with van der Waals surface area (Å²) in [5, 5.41) is 13.8. The maximum atomic E-state index is 15.7. The van der Waals surface area contributed by atoms with E-state index in [1.165, 1.54) is 12.1 Å². The Kier molecular flexibility index (Phi) is 8.48. The molecule has 9 heteroatoms. The number of carbonyl (C=O) groups excluding carboxylic acids is 1. The van der Waals surface area contributed by atoms with E-state index in [1.807, 2.05) is 6.92 Å². The molecule has 2 aromatic carbocycles. The first kappa shape index (κ1) is 24.3. The Morgan fingerprint density at radius 2 is 1.91 bits per heavy atom. The Morgan fingerprint density at radius 1 is 1.21 bits per heavy atom. The third-order valence-corrected chi connectivity index (χ3v) is 5.27. The number of nitrogen functional groups attached to an aromatic ring is 1. The number of nitrogens with one attached hydrogen (secondary N) is 3. The molecule has 1 unspecified atom stereocenters. The van der Waals surface area contributed by atoms with Crippen LogP contribution in [0.25, 0.3) is 0 Å². The van der Waals surface area contributed by atoms with Gasteiger partial charge in [0, 0.05) is 22.9 Å². The van der Waals surface area contributed by atoms with Gasteiger partial charge in [-0.25, -0.2) is 9.18 Å². The topological polar surface area (TPSA) is 119 Å². The van der Waals surface area contributed by atoms with E-state index in [2.05, 4.69) is 10.6 Å². The molecule has 5 N–H and O–H groups in total. The van der Waals surface area contributed by atoms with Crippen molar-refractivity contribution < 1.29 is 23.4 Å². The number of amidine groups is 1. The van der Waals surface area contributed by atoms with Gasteiger partial charge in [0.05, 0.1) is 13.2 Å². The van der Waals surface area contributed by atoms with E-state index in [9.17, 15) is 4.79 Å². The molecule has 1 aliphatic rings. The number of rotatable bonds is 10. The average Bonchev–Trinajstić information content (AvgIpc) is 2.81. The Bertz CT molecular complexity index is 962. The molecule has 1 fully saturated rings. The normalized spacial score (nSPS) is 14.9. The minimum atomic E-state index is -1.14. The molecule has 0 amide bonds. The zero-order valence-corrected chi connectivity index (χ0v) is 18.9. The van der Waals surface area contributed by atoms with E-state index >= 15 is 4.39 Å². The van der Waals surface area contributed by atoms with Gasteiger partial charge in [0.15, 0.2) is 17.6 Å². The van der Waals surface area contributed by atoms with Crippen LogP contribution in [0.3, 0.4) is 0 Å². The van der Waals surface area contributed by atoms with Gasteiger partial charge in [0.1, 0.15) is 17.7 Å². The second-order valence-corrected chi connectivity index (χ2v) is 7.65. The van der Waals surface area contributed by atoms with Gasteiger partial charge in [-0.1, -0.05) is 0 Å². The van der Waals surface area contributed by atoms with Gasteiger partial charge in [0.25, 0.3) is 0 Å². The van der Waals surface area contributed by atoms with Crippen molar-refractivity contribution in [2.24, 2.45) is 5.73 Å². The number of halogens is 1. The van der Waals surface area contributed by atoms with Crippen LogP contribution >= 0.6 is 0 Å². The third kappa shape index (κ3) is 6.35. The third-order valence-electron chi connectivity index (χ3n) is 5.27. The van der Waals surface area contributed by atoms with Crippen molar-refractivity contribution >= 4 is 17.5 Å². The highest BCUT2D eigenvalue weighted by Gasteiger charge is 2.29. The van der Waals surface area contributed by atoms with Crippen LogP contribution < -0.4 is 25.8 Å². The molecule has 0 bridgehead atoms. The summed E-state index contributed by atoms with van der Waals surface area (Å²) >= 11 is 0. The molecule has 2 aromatic rings. The van der Waals surface area contributed by atoms with Crippen LogP contribution in [0.1, 0.15) is 43.9 Å². The van der Waals surface area contributed by atoms with Crippen LogP contribution in [-0.2, 0) is 9.53 Å². The fourth-order valence-electron chi connectivity index (χ4n) is 3.63. The molecule has 178 valence electrons. The van der Waals surface area contributed by atoms with E-state index in [4.69, 9.17) is 25.4 Å². The lowest BCUT2D eigenvalue weighted by atomic mass is 10.0. The lowest BCUT2D eigenvalue weighted by Gasteiger charge is -2.26. The number of hydrogen-bond acceptors (Lipinski definition) is 7. The van der Waals surface area contributed by atoms with Crippen molar-refractivity contribution in [3.63, 3.8) is 0 Å². The fraction of sp³-hybridized carbons (Fsp3) is 0.417. The molecule has 1 aliphatic heterocycles. The Hall–Kier alpha value is -3.33. The Balaban J connectivity index is 1.97. The van der Waals surface area contributed by atoms with Gasteiger partial charge in [-0.05, 0) is 70.1 Å². The summed E-state index contributed by atoms with van der Waals surface area (Å²) in [6.45, 7) is 5.64. The summed E-state index contributed by atoms with van der Waals surface area (Å²) in [6, 6.07) is 8.50. The van der Waals surface area contributed by atoms with E-state index in [-0.39, 0.29) is 29.9 Å². The van der Waals surface area contributed by atoms with E-state index in [0.717, 1.165) is 25.9 Å². The molecule has 0 aliphatic carbocycles.